The van der Waals surface area contributed by atoms with E-state index >= 15 is 0 Å². The number of nitrogens with zero attached hydrogens (tertiary/aromatic N) is 2. The standard InChI is InChI=1S/C18H23N3O3S/c1-12-9-18(22)19-17-6-5-15(10-16(12)17)25(23,24)21-8-7-20(11-13(21)2)14-3-4-14/h5-6,9-10,13-14H,3-4,7-8,11H2,1-2H3,(H,19,22). The Kier molecular flexibility index (Phi) is 3.97. The van der Waals surface area contributed by atoms with Gasteiger partial charge in [-0.2, -0.15) is 4.31 Å². The molecule has 0 bridgehead atoms. The number of piperazine rings is 1. The molecule has 4 rings (SSSR count). The van der Waals surface area contributed by atoms with Crippen molar-refractivity contribution in [3.05, 3.63) is 40.2 Å². The van der Waals surface area contributed by atoms with Crippen LogP contribution in [0.15, 0.2) is 34.0 Å². The molecule has 1 aliphatic heterocycles. The molecule has 2 aliphatic rings. The Labute approximate surface area is 147 Å². The number of sulfonamides is 1. The summed E-state index contributed by atoms with van der Waals surface area (Å²) in [5.74, 6) is 0. The van der Waals surface area contributed by atoms with E-state index in [-0.39, 0.29) is 11.6 Å². The molecule has 25 heavy (non-hydrogen) atoms. The molecule has 1 saturated carbocycles. The number of aryl methyl sites for hydroxylation is 1. The lowest BCUT2D eigenvalue weighted by Crippen LogP contribution is -2.54. The normalized spacial score (nSPS) is 23.2. The quantitative estimate of drug-likeness (QED) is 0.903. The van der Waals surface area contributed by atoms with E-state index in [2.05, 4.69) is 9.88 Å². The summed E-state index contributed by atoms with van der Waals surface area (Å²) in [4.78, 5) is 17.0. The molecule has 2 fully saturated rings. The van der Waals surface area contributed by atoms with Crippen LogP contribution in [0, 0.1) is 6.92 Å². The monoisotopic (exact) mass is 361 g/mol. The number of rotatable bonds is 3. The van der Waals surface area contributed by atoms with Crippen LogP contribution >= 0.6 is 0 Å². The molecule has 1 N–H and O–H groups in total. The van der Waals surface area contributed by atoms with Gasteiger partial charge in [0.2, 0.25) is 15.6 Å². The Hall–Kier alpha value is -1.70. The van der Waals surface area contributed by atoms with Crippen molar-refractivity contribution in [3.63, 3.8) is 0 Å². The molecule has 1 unspecified atom stereocenters. The van der Waals surface area contributed by atoms with Crippen LogP contribution in [-0.2, 0) is 10.0 Å². The van der Waals surface area contributed by atoms with Crippen molar-refractivity contribution in [1.29, 1.82) is 0 Å². The first-order chi connectivity index (χ1) is 11.9. The molecule has 1 aromatic carbocycles. The second-order valence-corrected chi connectivity index (χ2v) is 9.11. The van der Waals surface area contributed by atoms with Crippen LogP contribution in [0.2, 0.25) is 0 Å². The third-order valence-corrected chi connectivity index (χ3v) is 7.30. The Bertz CT molecular complexity index is 979. The van der Waals surface area contributed by atoms with E-state index in [1.54, 1.807) is 22.5 Å². The third kappa shape index (κ3) is 3.01. The zero-order valence-corrected chi connectivity index (χ0v) is 15.3. The zero-order chi connectivity index (χ0) is 17.8. The van der Waals surface area contributed by atoms with Crippen molar-refractivity contribution in [2.75, 3.05) is 19.6 Å². The Morgan fingerprint density at radius 3 is 2.60 bits per heavy atom. The first kappa shape index (κ1) is 16.8. The lowest BCUT2D eigenvalue weighted by Gasteiger charge is -2.39. The number of hydrogen-bond acceptors (Lipinski definition) is 4. The van der Waals surface area contributed by atoms with E-state index in [1.807, 2.05) is 13.8 Å². The molecule has 0 radical (unpaired) electrons. The van der Waals surface area contributed by atoms with Gasteiger partial charge in [-0.1, -0.05) is 0 Å². The van der Waals surface area contributed by atoms with Gasteiger partial charge in [-0.15, -0.1) is 0 Å². The fourth-order valence-corrected chi connectivity index (χ4v) is 5.44. The van der Waals surface area contributed by atoms with Gasteiger partial charge in [-0.05, 0) is 50.5 Å². The minimum Gasteiger partial charge on any atom is -0.322 e. The minimum absolute atomic E-state index is 0.0354. The summed E-state index contributed by atoms with van der Waals surface area (Å²) in [5.41, 5.74) is 1.27. The second kappa shape index (κ2) is 5.93. The Morgan fingerprint density at radius 1 is 1.16 bits per heavy atom. The molecule has 2 heterocycles. The largest absolute Gasteiger partial charge is 0.322 e. The van der Waals surface area contributed by atoms with Crippen LogP contribution in [0.4, 0.5) is 0 Å². The van der Waals surface area contributed by atoms with Gasteiger partial charge in [0.15, 0.2) is 0 Å². The van der Waals surface area contributed by atoms with Gasteiger partial charge in [0.1, 0.15) is 0 Å². The molecule has 0 spiro atoms. The molecule has 0 amide bonds. The smallest absolute Gasteiger partial charge is 0.248 e. The number of pyridine rings is 1. The lowest BCUT2D eigenvalue weighted by molar-refractivity contribution is 0.137. The maximum absolute atomic E-state index is 13.1. The first-order valence-corrected chi connectivity index (χ1v) is 10.2. The van der Waals surface area contributed by atoms with E-state index in [9.17, 15) is 13.2 Å². The maximum atomic E-state index is 13.1. The molecular weight excluding hydrogens is 338 g/mol. The average molecular weight is 361 g/mol. The molecule has 1 atom stereocenters. The molecule has 134 valence electrons. The third-order valence-electron chi connectivity index (χ3n) is 5.29. The van der Waals surface area contributed by atoms with Gasteiger partial charge in [0.25, 0.3) is 0 Å². The summed E-state index contributed by atoms with van der Waals surface area (Å²) in [6, 6.07) is 7.07. The van der Waals surface area contributed by atoms with Gasteiger partial charge in [0.05, 0.1) is 4.90 Å². The predicted octanol–water partition coefficient (Wildman–Crippen LogP) is 1.69. The minimum atomic E-state index is -3.54. The van der Waals surface area contributed by atoms with Crippen LogP contribution in [0.1, 0.15) is 25.3 Å². The molecule has 1 aliphatic carbocycles. The van der Waals surface area contributed by atoms with E-state index in [0.29, 0.717) is 23.0 Å². The first-order valence-electron chi connectivity index (χ1n) is 8.76. The molecule has 1 saturated heterocycles. The van der Waals surface area contributed by atoms with Crippen LogP contribution in [0.25, 0.3) is 10.9 Å². The number of aromatic nitrogens is 1. The highest BCUT2D eigenvalue weighted by molar-refractivity contribution is 7.89. The Morgan fingerprint density at radius 2 is 1.92 bits per heavy atom. The average Bonchev–Trinajstić information content (AvgIpc) is 3.39. The van der Waals surface area contributed by atoms with Crippen molar-refractivity contribution >= 4 is 20.9 Å². The van der Waals surface area contributed by atoms with Gasteiger partial charge in [0, 0.05) is 48.7 Å². The Balaban J connectivity index is 1.68. The summed E-state index contributed by atoms with van der Waals surface area (Å²) in [6.45, 7) is 5.93. The highest BCUT2D eigenvalue weighted by Crippen LogP contribution is 2.31. The number of fused-ring (bicyclic) bond motifs is 1. The topological polar surface area (TPSA) is 73.5 Å². The fraction of sp³-hybridized carbons (Fsp3) is 0.500. The van der Waals surface area contributed by atoms with Gasteiger partial charge >= 0.3 is 0 Å². The van der Waals surface area contributed by atoms with Crippen molar-refractivity contribution < 1.29 is 8.42 Å². The van der Waals surface area contributed by atoms with Crippen LogP contribution in [0.5, 0.6) is 0 Å². The van der Waals surface area contributed by atoms with Crippen LogP contribution in [-0.4, -0.2) is 54.3 Å². The predicted molar refractivity (Wildman–Crippen MR) is 97.3 cm³/mol. The number of benzene rings is 1. The molecule has 7 heteroatoms. The van der Waals surface area contributed by atoms with E-state index in [4.69, 9.17) is 0 Å². The maximum Gasteiger partial charge on any atom is 0.248 e. The molecule has 1 aromatic heterocycles. The van der Waals surface area contributed by atoms with E-state index < -0.39 is 10.0 Å². The van der Waals surface area contributed by atoms with E-state index in [1.165, 1.54) is 18.9 Å². The van der Waals surface area contributed by atoms with Gasteiger partial charge in [-0.25, -0.2) is 8.42 Å². The summed E-state index contributed by atoms with van der Waals surface area (Å²) in [7, 11) is -3.54. The summed E-state index contributed by atoms with van der Waals surface area (Å²) in [5, 5.41) is 0.768. The SMILES string of the molecule is Cc1cc(=O)[nH]c2ccc(S(=O)(=O)N3CCN(C4CC4)CC3C)cc12. The number of H-pyrrole nitrogens is 1. The van der Waals surface area contributed by atoms with Gasteiger partial charge < -0.3 is 4.98 Å². The summed E-state index contributed by atoms with van der Waals surface area (Å²) in [6.07, 6.45) is 2.48. The van der Waals surface area contributed by atoms with Crippen LogP contribution < -0.4 is 5.56 Å². The highest BCUT2D eigenvalue weighted by Gasteiger charge is 2.38. The molecule has 6 nitrogen and oxygen atoms in total. The fourth-order valence-electron chi connectivity index (χ4n) is 3.80. The van der Waals surface area contributed by atoms with Crippen molar-refractivity contribution in [1.82, 2.24) is 14.2 Å². The van der Waals surface area contributed by atoms with Crippen molar-refractivity contribution in [3.8, 4) is 0 Å². The van der Waals surface area contributed by atoms with Crippen molar-refractivity contribution in [2.24, 2.45) is 0 Å². The second-order valence-electron chi connectivity index (χ2n) is 7.21. The molecule has 2 aromatic rings. The van der Waals surface area contributed by atoms with E-state index in [0.717, 1.165) is 24.0 Å². The summed E-state index contributed by atoms with van der Waals surface area (Å²) < 4.78 is 27.9. The lowest BCUT2D eigenvalue weighted by atomic mass is 10.1. The number of aromatic amines is 1. The van der Waals surface area contributed by atoms with Crippen molar-refractivity contribution in [2.45, 2.75) is 43.7 Å². The zero-order valence-electron chi connectivity index (χ0n) is 14.5. The summed E-state index contributed by atoms with van der Waals surface area (Å²) >= 11 is 0. The highest BCUT2D eigenvalue weighted by atomic mass is 32.2. The number of hydrogen-bond donors (Lipinski definition) is 1. The number of nitrogens with one attached hydrogen (secondary N) is 1. The molecular formula is C18H23N3O3S. The van der Waals surface area contributed by atoms with Gasteiger partial charge in [-0.3, -0.25) is 9.69 Å². The van der Waals surface area contributed by atoms with Crippen LogP contribution in [0.3, 0.4) is 0 Å².